The first kappa shape index (κ1) is 15.5. The van der Waals surface area contributed by atoms with Crippen molar-refractivity contribution in [1.29, 1.82) is 0 Å². The fraction of sp³-hybridized carbons (Fsp3) is 0.632. The highest BCUT2D eigenvalue weighted by molar-refractivity contribution is 5.79. The molecule has 3 heteroatoms. The molecule has 22 heavy (non-hydrogen) atoms. The van der Waals surface area contributed by atoms with Gasteiger partial charge in [0.2, 0.25) is 5.91 Å². The number of nitrogens with zero attached hydrogens (tertiary/aromatic N) is 1. The Balaban J connectivity index is 1.64. The van der Waals surface area contributed by atoms with Crippen LogP contribution in [-0.2, 0) is 4.79 Å². The second kappa shape index (κ2) is 6.82. The van der Waals surface area contributed by atoms with Crippen LogP contribution >= 0.6 is 0 Å². The number of piperidine rings is 1. The first-order chi connectivity index (χ1) is 10.6. The summed E-state index contributed by atoms with van der Waals surface area (Å²) < 4.78 is 0. The smallest absolute Gasteiger partial charge is 0.225 e. The number of hydrogen-bond donors (Lipinski definition) is 1. The van der Waals surface area contributed by atoms with Crippen LogP contribution in [0.25, 0.3) is 0 Å². The Labute approximate surface area is 133 Å². The van der Waals surface area contributed by atoms with Crippen LogP contribution in [0.3, 0.4) is 0 Å². The van der Waals surface area contributed by atoms with Gasteiger partial charge in [0.05, 0.1) is 6.10 Å². The topological polar surface area (TPSA) is 40.5 Å². The molecule has 1 aliphatic carbocycles. The van der Waals surface area contributed by atoms with Crippen molar-refractivity contribution in [3.8, 4) is 0 Å². The summed E-state index contributed by atoms with van der Waals surface area (Å²) in [5.74, 6) is 0.940. The normalized spacial score (nSPS) is 29.4. The average molecular weight is 301 g/mol. The predicted octanol–water partition coefficient (Wildman–Crippen LogP) is 3.25. The molecule has 1 aromatic rings. The maximum Gasteiger partial charge on any atom is 0.225 e. The van der Waals surface area contributed by atoms with Crippen LogP contribution in [0.2, 0.25) is 0 Å². The number of aliphatic hydroxyl groups is 1. The zero-order chi connectivity index (χ0) is 15.5. The first-order valence-electron chi connectivity index (χ1n) is 8.67. The number of amides is 1. The minimum Gasteiger partial charge on any atom is -0.393 e. The van der Waals surface area contributed by atoms with Crippen molar-refractivity contribution in [2.45, 2.75) is 57.5 Å². The van der Waals surface area contributed by atoms with Gasteiger partial charge in [0, 0.05) is 24.9 Å². The first-order valence-corrected chi connectivity index (χ1v) is 8.67. The second-order valence-electron chi connectivity index (χ2n) is 7.04. The van der Waals surface area contributed by atoms with E-state index in [4.69, 9.17) is 0 Å². The molecule has 2 aliphatic rings. The molecule has 1 heterocycles. The number of carbonyl (C=O) groups is 1. The van der Waals surface area contributed by atoms with E-state index in [2.05, 4.69) is 36.1 Å². The average Bonchev–Trinajstić information content (AvgIpc) is 2.55. The van der Waals surface area contributed by atoms with Crippen molar-refractivity contribution in [3.63, 3.8) is 0 Å². The minimum absolute atomic E-state index is 0.139. The third-order valence-electron chi connectivity index (χ3n) is 5.29. The van der Waals surface area contributed by atoms with Gasteiger partial charge < -0.3 is 10.0 Å². The molecule has 1 saturated carbocycles. The lowest BCUT2D eigenvalue weighted by atomic mass is 9.85. The van der Waals surface area contributed by atoms with Crippen molar-refractivity contribution in [1.82, 2.24) is 4.90 Å². The lowest BCUT2D eigenvalue weighted by Crippen LogP contribution is -2.43. The second-order valence-corrected chi connectivity index (χ2v) is 7.04. The molecule has 120 valence electrons. The van der Waals surface area contributed by atoms with Gasteiger partial charge in [-0.05, 0) is 51.0 Å². The SMILES string of the molecule is Cc1cccc([C@@H]2CCCN(C(=O)C3CCC(O)CC3)C2)c1. The Hall–Kier alpha value is -1.35. The van der Waals surface area contributed by atoms with E-state index in [0.29, 0.717) is 11.8 Å². The Morgan fingerprint density at radius 3 is 2.68 bits per heavy atom. The molecule has 2 fully saturated rings. The molecular weight excluding hydrogens is 274 g/mol. The van der Waals surface area contributed by atoms with E-state index < -0.39 is 0 Å². The summed E-state index contributed by atoms with van der Waals surface area (Å²) in [6, 6.07) is 8.70. The Morgan fingerprint density at radius 1 is 1.18 bits per heavy atom. The van der Waals surface area contributed by atoms with Gasteiger partial charge in [-0.25, -0.2) is 0 Å². The molecule has 3 nitrogen and oxygen atoms in total. The summed E-state index contributed by atoms with van der Waals surface area (Å²) in [7, 11) is 0. The monoisotopic (exact) mass is 301 g/mol. The van der Waals surface area contributed by atoms with Gasteiger partial charge in [-0.2, -0.15) is 0 Å². The maximum absolute atomic E-state index is 12.7. The molecule has 0 spiro atoms. The minimum atomic E-state index is -0.189. The predicted molar refractivity (Wildman–Crippen MR) is 87.7 cm³/mol. The molecule has 1 N–H and O–H groups in total. The van der Waals surface area contributed by atoms with Crippen LogP contribution in [0.5, 0.6) is 0 Å². The van der Waals surface area contributed by atoms with Gasteiger partial charge in [0.25, 0.3) is 0 Å². The molecule has 0 bridgehead atoms. The Kier molecular flexibility index (Phi) is 4.82. The number of likely N-dealkylation sites (tertiary alicyclic amines) is 1. The fourth-order valence-electron chi connectivity index (χ4n) is 3.95. The lowest BCUT2D eigenvalue weighted by molar-refractivity contribution is -0.138. The molecule has 1 aromatic carbocycles. The van der Waals surface area contributed by atoms with Crippen LogP contribution < -0.4 is 0 Å². The highest BCUT2D eigenvalue weighted by atomic mass is 16.3. The van der Waals surface area contributed by atoms with E-state index in [1.54, 1.807) is 0 Å². The van der Waals surface area contributed by atoms with Gasteiger partial charge in [-0.3, -0.25) is 4.79 Å². The summed E-state index contributed by atoms with van der Waals surface area (Å²) in [4.78, 5) is 14.8. The number of aliphatic hydroxyl groups excluding tert-OH is 1. The quantitative estimate of drug-likeness (QED) is 0.911. The third-order valence-corrected chi connectivity index (χ3v) is 5.29. The van der Waals surface area contributed by atoms with Gasteiger partial charge in [0.15, 0.2) is 0 Å². The van der Waals surface area contributed by atoms with E-state index in [9.17, 15) is 9.90 Å². The van der Waals surface area contributed by atoms with Crippen molar-refractivity contribution in [2.75, 3.05) is 13.1 Å². The molecule has 0 radical (unpaired) electrons. The van der Waals surface area contributed by atoms with Crippen molar-refractivity contribution in [3.05, 3.63) is 35.4 Å². The van der Waals surface area contributed by atoms with Gasteiger partial charge >= 0.3 is 0 Å². The number of aryl methyl sites for hydroxylation is 1. The van der Waals surface area contributed by atoms with E-state index in [1.807, 2.05) is 0 Å². The zero-order valence-electron chi connectivity index (χ0n) is 13.5. The molecule has 1 atom stereocenters. The summed E-state index contributed by atoms with van der Waals surface area (Å²) >= 11 is 0. The number of rotatable bonds is 2. The Bertz CT molecular complexity index is 520. The summed E-state index contributed by atoms with van der Waals surface area (Å²) in [6.45, 7) is 3.89. The molecule has 3 rings (SSSR count). The molecule has 1 amide bonds. The van der Waals surface area contributed by atoms with Crippen molar-refractivity contribution >= 4 is 5.91 Å². The van der Waals surface area contributed by atoms with Crippen LogP contribution in [0, 0.1) is 12.8 Å². The lowest BCUT2D eigenvalue weighted by Gasteiger charge is -2.36. The zero-order valence-corrected chi connectivity index (χ0v) is 13.5. The number of hydrogen-bond acceptors (Lipinski definition) is 2. The van der Waals surface area contributed by atoms with Crippen molar-refractivity contribution < 1.29 is 9.90 Å². The molecule has 0 aromatic heterocycles. The van der Waals surface area contributed by atoms with Gasteiger partial charge in [0.1, 0.15) is 0 Å². The summed E-state index contributed by atoms with van der Waals surface area (Å²) in [5.41, 5.74) is 2.67. The van der Waals surface area contributed by atoms with Crippen LogP contribution in [0.1, 0.15) is 55.6 Å². The largest absolute Gasteiger partial charge is 0.393 e. The standard InChI is InChI=1S/C19H27NO2/c1-14-4-2-5-16(12-14)17-6-3-11-20(13-17)19(22)15-7-9-18(21)10-8-15/h2,4-5,12,15,17-18,21H,3,6-11,13H2,1H3/t15?,17-,18?/m1/s1. The van der Waals surface area contributed by atoms with Crippen molar-refractivity contribution in [2.24, 2.45) is 5.92 Å². The van der Waals surface area contributed by atoms with Crippen LogP contribution in [-0.4, -0.2) is 35.1 Å². The van der Waals surface area contributed by atoms with Crippen LogP contribution in [0.4, 0.5) is 0 Å². The molecule has 0 unspecified atom stereocenters. The maximum atomic E-state index is 12.7. The van der Waals surface area contributed by atoms with E-state index in [-0.39, 0.29) is 12.0 Å². The van der Waals surface area contributed by atoms with Crippen LogP contribution in [0.15, 0.2) is 24.3 Å². The summed E-state index contributed by atoms with van der Waals surface area (Å²) in [5, 5.41) is 9.61. The van der Waals surface area contributed by atoms with Gasteiger partial charge in [-0.1, -0.05) is 29.8 Å². The van der Waals surface area contributed by atoms with E-state index in [1.165, 1.54) is 17.5 Å². The summed E-state index contributed by atoms with van der Waals surface area (Å²) in [6.07, 6.45) is 5.36. The number of carbonyl (C=O) groups excluding carboxylic acids is 1. The molecular formula is C19H27NO2. The fourth-order valence-corrected chi connectivity index (χ4v) is 3.95. The number of benzene rings is 1. The third kappa shape index (κ3) is 3.52. The highest BCUT2D eigenvalue weighted by Crippen LogP contribution is 2.31. The van der Waals surface area contributed by atoms with E-state index in [0.717, 1.165) is 45.2 Å². The molecule has 1 saturated heterocycles. The van der Waals surface area contributed by atoms with Gasteiger partial charge in [-0.15, -0.1) is 0 Å². The highest BCUT2D eigenvalue weighted by Gasteiger charge is 2.31. The molecule has 1 aliphatic heterocycles. The van der Waals surface area contributed by atoms with E-state index >= 15 is 0 Å². The Morgan fingerprint density at radius 2 is 1.95 bits per heavy atom.